The van der Waals surface area contributed by atoms with Crippen molar-refractivity contribution < 1.29 is 9.90 Å². The Labute approximate surface area is 103 Å². The minimum absolute atomic E-state index is 0.142. The fraction of sp³-hybridized carbons (Fsp3) is 0.571. The molecule has 0 aliphatic carbocycles. The number of carbonyl (C=O) groups is 1. The first-order valence-corrected chi connectivity index (χ1v) is 6.35. The summed E-state index contributed by atoms with van der Waals surface area (Å²) in [5, 5.41) is 8.87. The summed E-state index contributed by atoms with van der Waals surface area (Å²) in [6.07, 6.45) is 6.03. The summed E-state index contributed by atoms with van der Waals surface area (Å²) in [5.41, 5.74) is 1.03. The quantitative estimate of drug-likeness (QED) is 0.730. The van der Waals surface area contributed by atoms with E-state index in [1.165, 1.54) is 31.7 Å². The lowest BCUT2D eigenvalue weighted by atomic mass is 9.99. The minimum Gasteiger partial charge on any atom is -0.477 e. The van der Waals surface area contributed by atoms with Crippen LogP contribution in [0.15, 0.2) is 18.2 Å². The van der Waals surface area contributed by atoms with Gasteiger partial charge in [-0.1, -0.05) is 45.6 Å². The molecule has 1 rings (SSSR count). The number of pyridine rings is 1. The summed E-state index contributed by atoms with van der Waals surface area (Å²) < 4.78 is 0. The first kappa shape index (κ1) is 13.7. The Kier molecular flexibility index (Phi) is 5.67. The molecule has 0 bridgehead atoms. The molecule has 1 unspecified atom stereocenters. The Bertz CT molecular complexity index is 363. The van der Waals surface area contributed by atoms with E-state index in [4.69, 9.17) is 5.11 Å². The first-order valence-electron chi connectivity index (χ1n) is 6.35. The summed E-state index contributed by atoms with van der Waals surface area (Å²) in [6, 6.07) is 5.22. The van der Waals surface area contributed by atoms with E-state index in [0.29, 0.717) is 5.92 Å². The summed E-state index contributed by atoms with van der Waals surface area (Å²) in [7, 11) is 0. The van der Waals surface area contributed by atoms with Crippen LogP contribution in [-0.4, -0.2) is 16.1 Å². The Morgan fingerprint density at radius 1 is 1.35 bits per heavy atom. The molecule has 0 aliphatic rings. The normalized spacial score (nSPS) is 12.4. The van der Waals surface area contributed by atoms with Crippen LogP contribution in [0, 0.1) is 0 Å². The summed E-state index contributed by atoms with van der Waals surface area (Å²) >= 11 is 0. The lowest BCUT2D eigenvalue weighted by Gasteiger charge is -2.11. The molecule has 0 spiro atoms. The van der Waals surface area contributed by atoms with E-state index in [0.717, 1.165) is 12.1 Å². The zero-order valence-corrected chi connectivity index (χ0v) is 10.6. The van der Waals surface area contributed by atoms with Gasteiger partial charge in [0, 0.05) is 5.69 Å². The Morgan fingerprint density at radius 2 is 2.12 bits per heavy atom. The smallest absolute Gasteiger partial charge is 0.354 e. The van der Waals surface area contributed by atoms with Crippen molar-refractivity contribution >= 4 is 5.97 Å². The molecule has 1 heterocycles. The van der Waals surface area contributed by atoms with Crippen LogP contribution in [0.3, 0.4) is 0 Å². The number of rotatable bonds is 7. The molecule has 17 heavy (non-hydrogen) atoms. The topological polar surface area (TPSA) is 50.2 Å². The average molecular weight is 235 g/mol. The van der Waals surface area contributed by atoms with E-state index in [1.54, 1.807) is 6.07 Å². The number of unbranched alkanes of at least 4 members (excludes halogenated alkanes) is 3. The maximum Gasteiger partial charge on any atom is 0.354 e. The van der Waals surface area contributed by atoms with Crippen molar-refractivity contribution in [1.29, 1.82) is 0 Å². The molecule has 0 amide bonds. The largest absolute Gasteiger partial charge is 0.477 e. The van der Waals surface area contributed by atoms with Crippen LogP contribution in [0.2, 0.25) is 0 Å². The van der Waals surface area contributed by atoms with Crippen LogP contribution in [0.5, 0.6) is 0 Å². The van der Waals surface area contributed by atoms with Crippen LogP contribution >= 0.6 is 0 Å². The molecule has 0 fully saturated rings. The Hall–Kier alpha value is -1.38. The van der Waals surface area contributed by atoms with Gasteiger partial charge in [-0.25, -0.2) is 9.78 Å². The van der Waals surface area contributed by atoms with Gasteiger partial charge in [0.15, 0.2) is 0 Å². The van der Waals surface area contributed by atoms with E-state index in [1.807, 2.05) is 6.07 Å². The average Bonchev–Trinajstić information content (AvgIpc) is 2.34. The molecule has 0 saturated heterocycles. The highest BCUT2D eigenvalue weighted by Gasteiger charge is 2.10. The van der Waals surface area contributed by atoms with Gasteiger partial charge in [-0.15, -0.1) is 0 Å². The maximum absolute atomic E-state index is 10.8. The molecule has 0 radical (unpaired) electrons. The van der Waals surface area contributed by atoms with E-state index >= 15 is 0 Å². The Balaban J connectivity index is 2.53. The van der Waals surface area contributed by atoms with Gasteiger partial charge in [0.1, 0.15) is 5.69 Å². The van der Waals surface area contributed by atoms with Crippen molar-refractivity contribution in [2.45, 2.75) is 51.9 Å². The van der Waals surface area contributed by atoms with Gasteiger partial charge in [-0.05, 0) is 24.5 Å². The molecule has 1 N–H and O–H groups in total. The summed E-state index contributed by atoms with van der Waals surface area (Å²) in [4.78, 5) is 15.0. The number of carboxylic acids is 1. The van der Waals surface area contributed by atoms with Crippen LogP contribution in [0.25, 0.3) is 0 Å². The third-order valence-electron chi connectivity index (χ3n) is 2.99. The van der Waals surface area contributed by atoms with E-state index in [9.17, 15) is 4.79 Å². The fourth-order valence-electron chi connectivity index (χ4n) is 1.87. The molecule has 0 aliphatic heterocycles. The number of aromatic nitrogens is 1. The van der Waals surface area contributed by atoms with Crippen LogP contribution < -0.4 is 0 Å². The number of hydrogen-bond acceptors (Lipinski definition) is 2. The van der Waals surface area contributed by atoms with Crippen molar-refractivity contribution in [3.05, 3.63) is 29.6 Å². The fourth-order valence-corrected chi connectivity index (χ4v) is 1.87. The highest BCUT2D eigenvalue weighted by Crippen LogP contribution is 2.20. The Morgan fingerprint density at radius 3 is 2.76 bits per heavy atom. The monoisotopic (exact) mass is 235 g/mol. The molecule has 94 valence electrons. The maximum atomic E-state index is 10.8. The van der Waals surface area contributed by atoms with E-state index in [2.05, 4.69) is 18.8 Å². The van der Waals surface area contributed by atoms with E-state index in [-0.39, 0.29) is 5.69 Å². The second-order valence-electron chi connectivity index (χ2n) is 4.50. The van der Waals surface area contributed by atoms with Crippen LogP contribution in [-0.2, 0) is 0 Å². The van der Waals surface area contributed by atoms with Crippen LogP contribution in [0.1, 0.15) is 68.1 Å². The van der Waals surface area contributed by atoms with Gasteiger partial charge in [-0.3, -0.25) is 0 Å². The predicted octanol–water partition coefficient (Wildman–Crippen LogP) is 3.85. The lowest BCUT2D eigenvalue weighted by Crippen LogP contribution is -2.04. The number of hydrogen-bond donors (Lipinski definition) is 1. The standard InChI is InChI=1S/C14H21NO2/c1-3-4-5-6-8-11(2)12-9-7-10-13(15-12)14(16)17/h7,9-11H,3-6,8H2,1-2H3,(H,16,17). The lowest BCUT2D eigenvalue weighted by molar-refractivity contribution is 0.0690. The molecule has 1 aromatic rings. The molecule has 0 aromatic carbocycles. The predicted molar refractivity (Wildman–Crippen MR) is 68.4 cm³/mol. The minimum atomic E-state index is -0.954. The van der Waals surface area contributed by atoms with Crippen molar-refractivity contribution in [3.63, 3.8) is 0 Å². The SMILES string of the molecule is CCCCCCC(C)c1cccc(C(=O)O)n1. The number of nitrogens with zero attached hydrogens (tertiary/aromatic N) is 1. The molecule has 0 saturated carbocycles. The van der Waals surface area contributed by atoms with Gasteiger partial charge in [0.25, 0.3) is 0 Å². The van der Waals surface area contributed by atoms with Crippen molar-refractivity contribution in [3.8, 4) is 0 Å². The zero-order chi connectivity index (χ0) is 12.7. The molecule has 1 atom stereocenters. The summed E-state index contributed by atoms with van der Waals surface area (Å²) in [5.74, 6) is -0.615. The molecular weight excluding hydrogens is 214 g/mol. The second-order valence-corrected chi connectivity index (χ2v) is 4.50. The third kappa shape index (κ3) is 4.55. The van der Waals surface area contributed by atoms with Gasteiger partial charge in [0.05, 0.1) is 0 Å². The summed E-state index contributed by atoms with van der Waals surface area (Å²) in [6.45, 7) is 4.31. The van der Waals surface area contributed by atoms with Crippen molar-refractivity contribution in [2.24, 2.45) is 0 Å². The number of carboxylic acid groups (broad SMARTS) is 1. The highest BCUT2D eigenvalue weighted by atomic mass is 16.4. The molecular formula is C14H21NO2. The zero-order valence-electron chi connectivity index (χ0n) is 10.6. The molecule has 3 nitrogen and oxygen atoms in total. The highest BCUT2D eigenvalue weighted by molar-refractivity contribution is 5.85. The van der Waals surface area contributed by atoms with Crippen LogP contribution in [0.4, 0.5) is 0 Å². The number of aromatic carboxylic acids is 1. The van der Waals surface area contributed by atoms with Gasteiger partial charge < -0.3 is 5.11 Å². The van der Waals surface area contributed by atoms with Gasteiger partial charge in [0.2, 0.25) is 0 Å². The van der Waals surface area contributed by atoms with Gasteiger partial charge in [-0.2, -0.15) is 0 Å². The van der Waals surface area contributed by atoms with E-state index < -0.39 is 5.97 Å². The van der Waals surface area contributed by atoms with Gasteiger partial charge >= 0.3 is 5.97 Å². The van der Waals surface area contributed by atoms with Crippen molar-refractivity contribution in [2.75, 3.05) is 0 Å². The third-order valence-corrected chi connectivity index (χ3v) is 2.99. The second kappa shape index (κ2) is 7.05. The van der Waals surface area contributed by atoms with Crippen molar-refractivity contribution in [1.82, 2.24) is 4.98 Å². The molecule has 3 heteroatoms. The first-order chi connectivity index (χ1) is 8.15. The molecule has 1 aromatic heterocycles.